The van der Waals surface area contributed by atoms with Gasteiger partial charge in [-0.25, -0.2) is 0 Å². The lowest BCUT2D eigenvalue weighted by Gasteiger charge is -2.22. The van der Waals surface area contributed by atoms with Gasteiger partial charge < -0.3 is 4.98 Å². The van der Waals surface area contributed by atoms with E-state index in [9.17, 15) is 0 Å². The summed E-state index contributed by atoms with van der Waals surface area (Å²) in [7, 11) is -0.0818. The molecule has 0 aliphatic heterocycles. The lowest BCUT2D eigenvalue weighted by Crippen LogP contribution is -2.34. The Morgan fingerprint density at radius 2 is 1.80 bits per heavy atom. The number of hydrogen-bond acceptors (Lipinski definition) is 1. The minimum Gasteiger partial charge on any atom is -0.339 e. The summed E-state index contributed by atoms with van der Waals surface area (Å²) in [5.41, 5.74) is 1.51. The summed E-state index contributed by atoms with van der Waals surface area (Å²) < 4.78 is 0. The molecule has 1 nitrogen and oxygen atoms in total. The van der Waals surface area contributed by atoms with E-state index in [0.717, 1.165) is 6.04 Å². The van der Waals surface area contributed by atoms with Gasteiger partial charge in [-0.3, -0.25) is 0 Å². The third-order valence-electron chi connectivity index (χ3n) is 3.29. The Balaban J connectivity index is 1.66. The zero-order chi connectivity index (χ0) is 10.3. The molecule has 1 aromatic rings. The van der Waals surface area contributed by atoms with E-state index in [1.54, 1.807) is 0 Å². The summed E-state index contributed by atoms with van der Waals surface area (Å²) in [5, 5.41) is 0. The van der Waals surface area contributed by atoms with Crippen molar-refractivity contribution in [3.05, 3.63) is 35.9 Å². The van der Waals surface area contributed by atoms with Gasteiger partial charge in [-0.15, -0.1) is 0 Å². The van der Waals surface area contributed by atoms with E-state index in [4.69, 9.17) is 0 Å². The maximum atomic E-state index is 3.81. The first-order valence-electron chi connectivity index (χ1n) is 6.22. The zero-order valence-corrected chi connectivity index (χ0v) is 10.8. The maximum absolute atomic E-state index is 3.81. The smallest absolute Gasteiger partial charge is 0.0962 e. The normalized spacial score (nSPS) is 18.7. The van der Waals surface area contributed by atoms with E-state index in [1.807, 2.05) is 0 Å². The third kappa shape index (κ3) is 3.80. The van der Waals surface area contributed by atoms with E-state index >= 15 is 0 Å². The quantitative estimate of drug-likeness (QED) is 0.766. The van der Waals surface area contributed by atoms with E-state index in [2.05, 4.69) is 35.3 Å². The van der Waals surface area contributed by atoms with Crippen LogP contribution in [0.3, 0.4) is 0 Å². The monoisotopic (exact) mass is 219 g/mol. The molecule has 1 aliphatic rings. The molecule has 2 rings (SSSR count). The molecule has 0 aromatic heterocycles. The highest BCUT2D eigenvalue weighted by Crippen LogP contribution is 2.16. The fraction of sp³-hybridized carbons (Fsp3) is 0.538. The Hall–Kier alpha value is -0.603. The molecule has 0 saturated heterocycles. The van der Waals surface area contributed by atoms with Crippen molar-refractivity contribution in [2.75, 3.05) is 0 Å². The van der Waals surface area contributed by atoms with Crippen LogP contribution in [0.5, 0.6) is 0 Å². The van der Waals surface area contributed by atoms with Crippen molar-refractivity contribution in [1.82, 2.24) is 4.98 Å². The van der Waals surface area contributed by atoms with Gasteiger partial charge in [0.15, 0.2) is 0 Å². The molecule has 0 amide bonds. The van der Waals surface area contributed by atoms with Gasteiger partial charge in [0.25, 0.3) is 0 Å². The number of benzene rings is 1. The second-order valence-corrected chi connectivity index (χ2v) is 5.93. The van der Waals surface area contributed by atoms with Crippen molar-refractivity contribution in [2.24, 2.45) is 0 Å². The van der Waals surface area contributed by atoms with Crippen LogP contribution < -0.4 is 4.98 Å². The number of rotatable bonds is 4. The molecule has 1 aromatic carbocycles. The second-order valence-electron chi connectivity index (χ2n) is 4.52. The van der Waals surface area contributed by atoms with Crippen LogP contribution in [-0.2, 0) is 6.04 Å². The first-order chi connectivity index (χ1) is 7.45. The Kier molecular flexibility index (Phi) is 4.42. The Morgan fingerprint density at radius 1 is 1.07 bits per heavy atom. The van der Waals surface area contributed by atoms with Crippen molar-refractivity contribution in [1.29, 1.82) is 0 Å². The van der Waals surface area contributed by atoms with Crippen LogP contribution in [0.25, 0.3) is 0 Å². The minimum absolute atomic E-state index is 0.0818. The average molecular weight is 219 g/mol. The molecular formula is C13H21NSi. The van der Waals surface area contributed by atoms with Gasteiger partial charge in [0.05, 0.1) is 9.68 Å². The maximum Gasteiger partial charge on any atom is 0.0962 e. The van der Waals surface area contributed by atoms with Crippen molar-refractivity contribution in [2.45, 2.75) is 44.2 Å². The first kappa shape index (κ1) is 10.9. The van der Waals surface area contributed by atoms with Crippen LogP contribution in [0.1, 0.15) is 37.7 Å². The summed E-state index contributed by atoms with van der Waals surface area (Å²) in [6.45, 7) is 0. The molecule has 1 saturated carbocycles. The summed E-state index contributed by atoms with van der Waals surface area (Å²) in [4.78, 5) is 3.81. The van der Waals surface area contributed by atoms with Gasteiger partial charge in [0.2, 0.25) is 0 Å². The molecule has 15 heavy (non-hydrogen) atoms. The number of hydrogen-bond donors (Lipinski definition) is 1. The van der Waals surface area contributed by atoms with Gasteiger partial charge in [-0.05, 0) is 30.5 Å². The fourth-order valence-electron chi connectivity index (χ4n) is 2.37. The highest BCUT2D eigenvalue weighted by Gasteiger charge is 2.11. The standard InChI is InChI=1S/C13H21NSi/c1-3-7-12(8-4-1)11-15-14-13-9-5-2-6-10-13/h1,3-4,7-8,13-14H,2,5-6,9-11,15H2. The molecule has 0 unspecified atom stereocenters. The summed E-state index contributed by atoms with van der Waals surface area (Å²) >= 11 is 0. The predicted molar refractivity (Wildman–Crippen MR) is 68.7 cm³/mol. The van der Waals surface area contributed by atoms with Crippen LogP contribution in [-0.4, -0.2) is 15.7 Å². The molecule has 82 valence electrons. The first-order valence-corrected chi connectivity index (χ1v) is 7.93. The van der Waals surface area contributed by atoms with Crippen LogP contribution in [0.2, 0.25) is 0 Å². The molecule has 2 heteroatoms. The zero-order valence-electron chi connectivity index (χ0n) is 9.41. The highest BCUT2D eigenvalue weighted by molar-refractivity contribution is 6.31. The predicted octanol–water partition coefficient (Wildman–Crippen LogP) is 2.19. The second kappa shape index (κ2) is 6.08. The molecule has 1 fully saturated rings. The van der Waals surface area contributed by atoms with Gasteiger partial charge in [-0.1, -0.05) is 49.6 Å². The van der Waals surface area contributed by atoms with Gasteiger partial charge >= 0.3 is 0 Å². The van der Waals surface area contributed by atoms with E-state index in [-0.39, 0.29) is 9.68 Å². The number of nitrogens with one attached hydrogen (secondary N) is 1. The molecule has 0 spiro atoms. The Labute approximate surface area is 95.2 Å². The lowest BCUT2D eigenvalue weighted by molar-refractivity contribution is 0.418. The van der Waals surface area contributed by atoms with Crippen molar-refractivity contribution in [3.8, 4) is 0 Å². The van der Waals surface area contributed by atoms with Crippen LogP contribution in [0, 0.1) is 0 Å². The van der Waals surface area contributed by atoms with Crippen molar-refractivity contribution < 1.29 is 0 Å². The average Bonchev–Trinajstić information content (AvgIpc) is 2.32. The van der Waals surface area contributed by atoms with E-state index < -0.39 is 0 Å². The molecule has 1 aliphatic carbocycles. The lowest BCUT2D eigenvalue weighted by atomic mass is 9.96. The van der Waals surface area contributed by atoms with E-state index in [0.29, 0.717) is 0 Å². The topological polar surface area (TPSA) is 12.0 Å². The van der Waals surface area contributed by atoms with Crippen LogP contribution >= 0.6 is 0 Å². The SMILES string of the molecule is c1ccc(C[SiH2]NC2CCCCC2)cc1. The van der Waals surface area contributed by atoms with Gasteiger partial charge in [0.1, 0.15) is 0 Å². The summed E-state index contributed by atoms with van der Waals surface area (Å²) in [6, 6.07) is 13.0. The molecular weight excluding hydrogens is 198 g/mol. The fourth-order valence-corrected chi connectivity index (χ4v) is 3.95. The summed E-state index contributed by atoms with van der Waals surface area (Å²) in [6.07, 6.45) is 7.18. The molecule has 0 bridgehead atoms. The Bertz CT molecular complexity index is 267. The third-order valence-corrected chi connectivity index (χ3v) is 4.99. The largest absolute Gasteiger partial charge is 0.339 e. The van der Waals surface area contributed by atoms with Crippen LogP contribution in [0.15, 0.2) is 30.3 Å². The van der Waals surface area contributed by atoms with E-state index in [1.165, 1.54) is 43.7 Å². The minimum atomic E-state index is -0.0818. The summed E-state index contributed by atoms with van der Waals surface area (Å²) in [5.74, 6) is 0. The highest BCUT2D eigenvalue weighted by atomic mass is 28.2. The molecule has 0 atom stereocenters. The van der Waals surface area contributed by atoms with Gasteiger partial charge in [0, 0.05) is 0 Å². The molecule has 0 heterocycles. The van der Waals surface area contributed by atoms with Crippen LogP contribution in [0.4, 0.5) is 0 Å². The molecule has 0 radical (unpaired) electrons. The molecule has 1 N–H and O–H groups in total. The van der Waals surface area contributed by atoms with Gasteiger partial charge in [-0.2, -0.15) is 0 Å². The van der Waals surface area contributed by atoms with Crippen molar-refractivity contribution in [3.63, 3.8) is 0 Å². The van der Waals surface area contributed by atoms with Crippen molar-refractivity contribution >= 4 is 9.68 Å². The Morgan fingerprint density at radius 3 is 2.53 bits per heavy atom.